The topological polar surface area (TPSA) is 83.6 Å². The molecule has 0 radical (unpaired) electrons. The first-order valence-electron chi connectivity index (χ1n) is 5.91. The van der Waals surface area contributed by atoms with Crippen molar-refractivity contribution in [1.82, 2.24) is 9.46 Å². The van der Waals surface area contributed by atoms with Crippen LogP contribution in [0, 0.1) is 25.7 Å². The van der Waals surface area contributed by atoms with Gasteiger partial charge < -0.3 is 9.63 Å². The van der Waals surface area contributed by atoms with E-state index in [1.165, 1.54) is 4.31 Å². The monoisotopic (exact) mass is 274 g/mol. The van der Waals surface area contributed by atoms with Gasteiger partial charge in [-0.25, -0.2) is 8.42 Å². The summed E-state index contributed by atoms with van der Waals surface area (Å²) in [5.41, 5.74) is 0.382. The summed E-state index contributed by atoms with van der Waals surface area (Å²) >= 11 is 0. The van der Waals surface area contributed by atoms with Gasteiger partial charge in [-0.05, 0) is 25.7 Å². The van der Waals surface area contributed by atoms with Gasteiger partial charge in [0.25, 0.3) is 0 Å². The molecule has 0 aliphatic carbocycles. The van der Waals surface area contributed by atoms with Gasteiger partial charge in [0.15, 0.2) is 5.76 Å². The smallest absolute Gasteiger partial charge is 0.248 e. The number of rotatable bonds is 3. The van der Waals surface area contributed by atoms with Crippen LogP contribution in [-0.4, -0.2) is 42.7 Å². The van der Waals surface area contributed by atoms with Crippen LogP contribution >= 0.6 is 0 Å². The van der Waals surface area contributed by atoms with Crippen molar-refractivity contribution in [2.45, 2.75) is 25.7 Å². The van der Waals surface area contributed by atoms with Gasteiger partial charge in [-0.1, -0.05) is 12.1 Å². The molecule has 2 atom stereocenters. The molecule has 0 spiro atoms. The van der Waals surface area contributed by atoms with Gasteiger partial charge in [0.1, 0.15) is 10.6 Å². The van der Waals surface area contributed by atoms with Gasteiger partial charge in [-0.3, -0.25) is 0 Å². The predicted octanol–water partition coefficient (Wildman–Crippen LogP) is 0.540. The molecule has 1 aromatic heterocycles. The maximum absolute atomic E-state index is 12.5. The lowest BCUT2D eigenvalue weighted by molar-refractivity contribution is 0.210. The highest BCUT2D eigenvalue weighted by molar-refractivity contribution is 7.89. The van der Waals surface area contributed by atoms with Gasteiger partial charge in [-0.15, -0.1) is 0 Å². The molecular formula is C11H18N2O4S. The zero-order valence-electron chi connectivity index (χ0n) is 10.8. The highest BCUT2D eigenvalue weighted by Crippen LogP contribution is 2.30. The Morgan fingerprint density at radius 1 is 1.44 bits per heavy atom. The van der Waals surface area contributed by atoms with Crippen molar-refractivity contribution >= 4 is 10.0 Å². The van der Waals surface area contributed by atoms with Crippen molar-refractivity contribution in [2.75, 3.05) is 19.7 Å². The number of aliphatic hydroxyl groups excluding tert-OH is 1. The van der Waals surface area contributed by atoms with Crippen LogP contribution in [0.3, 0.4) is 0 Å². The molecule has 1 N–H and O–H groups in total. The summed E-state index contributed by atoms with van der Waals surface area (Å²) in [6, 6.07) is 0. The molecule has 0 aromatic carbocycles. The average Bonchev–Trinajstić information content (AvgIpc) is 2.83. The van der Waals surface area contributed by atoms with E-state index < -0.39 is 10.0 Å². The van der Waals surface area contributed by atoms with Crippen LogP contribution in [0.5, 0.6) is 0 Å². The molecule has 0 amide bonds. The highest BCUT2D eigenvalue weighted by Gasteiger charge is 2.39. The number of sulfonamides is 1. The Labute approximate surface area is 107 Å². The second-order valence-electron chi connectivity index (χ2n) is 4.90. The number of nitrogens with zero attached hydrogens (tertiary/aromatic N) is 2. The van der Waals surface area contributed by atoms with Gasteiger partial charge in [0, 0.05) is 19.7 Å². The highest BCUT2D eigenvalue weighted by atomic mass is 32.2. The van der Waals surface area contributed by atoms with Crippen LogP contribution < -0.4 is 0 Å². The first-order valence-corrected chi connectivity index (χ1v) is 7.35. The van der Waals surface area contributed by atoms with E-state index in [2.05, 4.69) is 5.16 Å². The Morgan fingerprint density at radius 2 is 2.11 bits per heavy atom. The molecule has 102 valence electrons. The molecule has 1 fully saturated rings. The Hall–Kier alpha value is -0.920. The third kappa shape index (κ3) is 2.06. The van der Waals surface area contributed by atoms with Crippen molar-refractivity contribution < 1.29 is 18.0 Å². The molecule has 18 heavy (non-hydrogen) atoms. The standard InChI is InChI=1S/C11H18N2O4S/c1-7-4-13(5-10(7)6-14)18(15,16)11-8(2)12-17-9(11)3/h7,10,14H,4-6H2,1-3H3/t7-,10+/m1/s1. The van der Waals surface area contributed by atoms with Crippen molar-refractivity contribution in [3.8, 4) is 0 Å². The van der Waals surface area contributed by atoms with Crippen molar-refractivity contribution in [2.24, 2.45) is 11.8 Å². The largest absolute Gasteiger partial charge is 0.396 e. The lowest BCUT2D eigenvalue weighted by Gasteiger charge is -2.15. The summed E-state index contributed by atoms with van der Waals surface area (Å²) in [6.07, 6.45) is 0. The summed E-state index contributed by atoms with van der Waals surface area (Å²) < 4.78 is 31.3. The fourth-order valence-corrected chi connectivity index (χ4v) is 4.28. The van der Waals surface area contributed by atoms with Gasteiger partial charge in [0.2, 0.25) is 10.0 Å². The summed E-state index contributed by atoms with van der Waals surface area (Å²) in [7, 11) is -3.57. The van der Waals surface area contributed by atoms with E-state index in [4.69, 9.17) is 4.52 Å². The minimum absolute atomic E-state index is 0.000229. The SMILES string of the molecule is Cc1noc(C)c1S(=O)(=O)N1C[C@@H](CO)[C@H](C)C1. The molecule has 0 bridgehead atoms. The van der Waals surface area contributed by atoms with Crippen molar-refractivity contribution in [1.29, 1.82) is 0 Å². The van der Waals surface area contributed by atoms with E-state index in [-0.39, 0.29) is 23.3 Å². The van der Waals surface area contributed by atoms with E-state index in [1.54, 1.807) is 13.8 Å². The quantitative estimate of drug-likeness (QED) is 0.869. The maximum atomic E-state index is 12.5. The molecule has 2 rings (SSSR count). The van der Waals surface area contributed by atoms with Gasteiger partial charge >= 0.3 is 0 Å². The second-order valence-corrected chi connectivity index (χ2v) is 6.77. The lowest BCUT2D eigenvalue weighted by atomic mass is 10.00. The molecule has 0 saturated carbocycles. The van der Waals surface area contributed by atoms with Crippen molar-refractivity contribution in [3.05, 3.63) is 11.5 Å². The van der Waals surface area contributed by atoms with E-state index in [0.717, 1.165) is 0 Å². The third-order valence-corrected chi connectivity index (χ3v) is 5.61. The summed E-state index contributed by atoms with van der Waals surface area (Å²) in [4.78, 5) is 0.160. The van der Waals surface area contributed by atoms with Crippen molar-refractivity contribution in [3.63, 3.8) is 0 Å². The summed E-state index contributed by atoms with van der Waals surface area (Å²) in [6.45, 7) is 5.95. The molecule has 6 nitrogen and oxygen atoms in total. The number of hydrogen-bond donors (Lipinski definition) is 1. The lowest BCUT2D eigenvalue weighted by Crippen LogP contribution is -2.30. The summed E-state index contributed by atoms with van der Waals surface area (Å²) in [5.74, 6) is 0.470. The van der Waals surface area contributed by atoms with E-state index >= 15 is 0 Å². The fourth-order valence-electron chi connectivity index (χ4n) is 2.39. The molecule has 7 heteroatoms. The Bertz CT molecular complexity index is 518. The zero-order chi connectivity index (χ0) is 13.5. The molecule has 1 saturated heterocycles. The zero-order valence-corrected chi connectivity index (χ0v) is 11.6. The van der Waals surface area contributed by atoms with Crippen LogP contribution in [0.4, 0.5) is 0 Å². The second kappa shape index (κ2) is 4.64. The Kier molecular flexibility index (Phi) is 3.48. The third-order valence-electron chi connectivity index (χ3n) is 3.53. The van der Waals surface area contributed by atoms with E-state index in [0.29, 0.717) is 24.5 Å². The minimum atomic E-state index is -3.57. The number of aliphatic hydroxyl groups is 1. The van der Waals surface area contributed by atoms with Crippen LogP contribution in [0.2, 0.25) is 0 Å². The molecule has 1 aliphatic heterocycles. The first kappa shape index (κ1) is 13.5. The number of hydrogen-bond acceptors (Lipinski definition) is 5. The molecule has 1 aliphatic rings. The number of aryl methyl sites for hydroxylation is 2. The van der Waals surface area contributed by atoms with Crippen LogP contribution in [0.1, 0.15) is 18.4 Å². The Balaban J connectivity index is 2.34. The maximum Gasteiger partial charge on any atom is 0.248 e. The van der Waals surface area contributed by atoms with Gasteiger partial charge in [0.05, 0.1) is 0 Å². The molecule has 2 heterocycles. The fraction of sp³-hybridized carbons (Fsp3) is 0.727. The number of aromatic nitrogens is 1. The average molecular weight is 274 g/mol. The van der Waals surface area contributed by atoms with Gasteiger partial charge in [-0.2, -0.15) is 4.31 Å². The Morgan fingerprint density at radius 3 is 2.56 bits per heavy atom. The molecule has 0 unspecified atom stereocenters. The molecule has 1 aromatic rings. The van der Waals surface area contributed by atoms with Crippen LogP contribution in [-0.2, 0) is 10.0 Å². The van der Waals surface area contributed by atoms with Crippen LogP contribution in [0.25, 0.3) is 0 Å². The first-order chi connectivity index (χ1) is 8.37. The van der Waals surface area contributed by atoms with E-state index in [1.807, 2.05) is 6.92 Å². The predicted molar refractivity (Wildman–Crippen MR) is 64.5 cm³/mol. The summed E-state index contributed by atoms with van der Waals surface area (Å²) in [5, 5.41) is 12.9. The normalized spacial score (nSPS) is 25.8. The van der Waals surface area contributed by atoms with Crippen LogP contribution in [0.15, 0.2) is 9.42 Å². The minimum Gasteiger partial charge on any atom is -0.396 e. The van der Waals surface area contributed by atoms with E-state index in [9.17, 15) is 13.5 Å². The molecular weight excluding hydrogens is 256 g/mol.